The van der Waals surface area contributed by atoms with Gasteiger partial charge in [0.15, 0.2) is 0 Å². The average Bonchev–Trinajstić information content (AvgIpc) is 3.65. The van der Waals surface area contributed by atoms with E-state index in [1.54, 1.807) is 4.90 Å². The van der Waals surface area contributed by atoms with Gasteiger partial charge in [0, 0.05) is 25.0 Å². The molecule has 2 unspecified atom stereocenters. The summed E-state index contributed by atoms with van der Waals surface area (Å²) < 4.78 is 0. The SMILES string of the molecule is CCC[C@@H](NC(=O)[C@@H]1C2CCCC2CN1C(=O)[C@H](NC(=O)[C@H](NC(=O)c1cnccn1)C1CCCCC1)C(C)(C)C)C(=O)C(=O)NC1CC1. The van der Waals surface area contributed by atoms with Crippen LogP contribution in [0.5, 0.6) is 0 Å². The topological polar surface area (TPSA) is 180 Å². The van der Waals surface area contributed by atoms with Gasteiger partial charge in [0.05, 0.1) is 12.2 Å². The molecule has 13 heteroatoms. The highest BCUT2D eigenvalue weighted by Crippen LogP contribution is 2.43. The number of carbonyl (C=O) groups excluding carboxylic acids is 6. The molecular weight excluding hydrogens is 626 g/mol. The first-order valence-corrected chi connectivity index (χ1v) is 18.2. The van der Waals surface area contributed by atoms with Crippen LogP contribution < -0.4 is 21.3 Å². The fraction of sp³-hybridized carbons (Fsp3) is 0.722. The predicted molar refractivity (Wildman–Crippen MR) is 181 cm³/mol. The molecule has 1 aromatic heterocycles. The van der Waals surface area contributed by atoms with Gasteiger partial charge in [-0.1, -0.05) is 59.8 Å². The van der Waals surface area contributed by atoms with Gasteiger partial charge in [-0.25, -0.2) is 4.98 Å². The summed E-state index contributed by atoms with van der Waals surface area (Å²) >= 11 is 0. The number of aromatic nitrogens is 2. The Balaban J connectivity index is 1.36. The Morgan fingerprint density at radius 1 is 0.898 bits per heavy atom. The van der Waals surface area contributed by atoms with Crippen molar-refractivity contribution in [3.63, 3.8) is 0 Å². The zero-order chi connectivity index (χ0) is 35.3. The second-order valence-electron chi connectivity index (χ2n) is 15.5. The number of fused-ring (bicyclic) bond motifs is 1. The first kappa shape index (κ1) is 36.4. The number of likely N-dealkylation sites (tertiary alicyclic amines) is 1. The highest BCUT2D eigenvalue weighted by atomic mass is 16.2. The van der Waals surface area contributed by atoms with Crippen molar-refractivity contribution in [3.05, 3.63) is 24.3 Å². The molecule has 268 valence electrons. The summed E-state index contributed by atoms with van der Waals surface area (Å²) in [4.78, 5) is 91.4. The molecule has 6 atom stereocenters. The summed E-state index contributed by atoms with van der Waals surface area (Å²) in [7, 11) is 0. The Morgan fingerprint density at radius 3 is 2.27 bits per heavy atom. The van der Waals surface area contributed by atoms with E-state index in [0.717, 1.165) is 64.2 Å². The quantitative estimate of drug-likeness (QED) is 0.230. The number of amides is 5. The summed E-state index contributed by atoms with van der Waals surface area (Å²) in [5.74, 6) is -3.20. The van der Waals surface area contributed by atoms with Crippen LogP contribution in [0.25, 0.3) is 0 Å². The largest absolute Gasteiger partial charge is 0.347 e. The van der Waals surface area contributed by atoms with Gasteiger partial charge in [-0.2, -0.15) is 0 Å². The third-order valence-corrected chi connectivity index (χ3v) is 10.7. The second-order valence-corrected chi connectivity index (χ2v) is 15.5. The zero-order valence-corrected chi connectivity index (χ0v) is 29.3. The number of rotatable bonds is 13. The lowest BCUT2D eigenvalue weighted by atomic mass is 9.82. The number of nitrogens with zero attached hydrogens (tertiary/aromatic N) is 3. The lowest BCUT2D eigenvalue weighted by Crippen LogP contribution is -2.62. The molecule has 1 saturated heterocycles. The molecule has 0 aromatic carbocycles. The monoisotopic (exact) mass is 679 g/mol. The maximum Gasteiger partial charge on any atom is 0.289 e. The summed E-state index contributed by atoms with van der Waals surface area (Å²) in [6.07, 6.45) is 13.9. The van der Waals surface area contributed by atoms with Gasteiger partial charge in [0.25, 0.3) is 11.8 Å². The molecule has 3 saturated carbocycles. The number of Topliss-reactive ketones (excluding diaryl/α,β-unsaturated/α-hetero) is 1. The van der Waals surface area contributed by atoms with E-state index in [-0.39, 0.29) is 35.4 Å². The van der Waals surface area contributed by atoms with Crippen molar-refractivity contribution in [1.29, 1.82) is 0 Å². The van der Waals surface area contributed by atoms with Crippen molar-refractivity contribution < 1.29 is 28.8 Å². The van der Waals surface area contributed by atoms with Crippen LogP contribution in [0.3, 0.4) is 0 Å². The van der Waals surface area contributed by atoms with Gasteiger partial charge in [0.2, 0.25) is 23.5 Å². The standard InChI is InChI=1S/C36H53N7O6/c1-5-10-25(29(44)34(48)39-23-15-16-23)40-33(47)28-24-14-9-13-22(24)20-43(28)35(49)30(36(2,3)4)42-32(46)27(21-11-7-6-8-12-21)41-31(45)26-19-37-17-18-38-26/h17-19,21-25,27-28,30H,5-16,20H2,1-4H3,(H,39,48)(H,40,47)(H,41,45)(H,42,46)/t22?,24?,25-,27-,28+,30+/m1/s1. The van der Waals surface area contributed by atoms with Crippen molar-refractivity contribution in [2.75, 3.05) is 6.54 Å². The minimum Gasteiger partial charge on any atom is -0.347 e. The van der Waals surface area contributed by atoms with E-state index in [1.165, 1.54) is 18.6 Å². The Kier molecular flexibility index (Phi) is 11.7. The first-order chi connectivity index (χ1) is 23.4. The molecule has 4 aliphatic rings. The van der Waals surface area contributed by atoms with E-state index in [1.807, 2.05) is 27.7 Å². The fourth-order valence-electron chi connectivity index (χ4n) is 7.87. The van der Waals surface area contributed by atoms with Crippen LogP contribution in [0.1, 0.15) is 115 Å². The maximum absolute atomic E-state index is 14.6. The third-order valence-electron chi connectivity index (χ3n) is 10.7. The number of hydrogen-bond acceptors (Lipinski definition) is 8. The Morgan fingerprint density at radius 2 is 1.63 bits per heavy atom. The lowest BCUT2D eigenvalue weighted by molar-refractivity contribution is -0.146. The molecule has 4 N–H and O–H groups in total. The van der Waals surface area contributed by atoms with Crippen LogP contribution in [0.15, 0.2) is 18.6 Å². The number of hydrogen-bond donors (Lipinski definition) is 4. The highest BCUT2D eigenvalue weighted by Gasteiger charge is 2.52. The molecule has 5 rings (SSSR count). The minimum atomic E-state index is -0.994. The lowest BCUT2D eigenvalue weighted by Gasteiger charge is -2.38. The highest BCUT2D eigenvalue weighted by molar-refractivity contribution is 6.38. The van der Waals surface area contributed by atoms with E-state index in [0.29, 0.717) is 19.4 Å². The van der Waals surface area contributed by atoms with Gasteiger partial charge in [-0.15, -0.1) is 0 Å². The van der Waals surface area contributed by atoms with E-state index in [9.17, 15) is 28.8 Å². The summed E-state index contributed by atoms with van der Waals surface area (Å²) in [6, 6.07) is -3.68. The van der Waals surface area contributed by atoms with E-state index in [4.69, 9.17) is 0 Å². The van der Waals surface area contributed by atoms with Crippen molar-refractivity contribution in [3.8, 4) is 0 Å². The van der Waals surface area contributed by atoms with Crippen molar-refractivity contribution >= 4 is 35.3 Å². The molecule has 13 nitrogen and oxygen atoms in total. The van der Waals surface area contributed by atoms with Gasteiger partial charge in [-0.05, 0) is 68.1 Å². The number of ketones is 1. The Labute approximate surface area is 288 Å². The fourth-order valence-corrected chi connectivity index (χ4v) is 7.87. The molecule has 49 heavy (non-hydrogen) atoms. The normalized spacial score (nSPS) is 24.2. The van der Waals surface area contributed by atoms with E-state index in [2.05, 4.69) is 31.2 Å². The van der Waals surface area contributed by atoms with Gasteiger partial charge in [-0.3, -0.25) is 33.8 Å². The molecular formula is C36H53N7O6. The van der Waals surface area contributed by atoms with Crippen molar-refractivity contribution in [2.24, 2.45) is 23.2 Å². The Bertz CT molecular complexity index is 1390. The van der Waals surface area contributed by atoms with Gasteiger partial charge >= 0.3 is 0 Å². The van der Waals surface area contributed by atoms with Crippen LogP contribution in [0.4, 0.5) is 0 Å². The minimum absolute atomic E-state index is 0.0132. The smallest absolute Gasteiger partial charge is 0.289 e. The molecule has 0 bridgehead atoms. The summed E-state index contributed by atoms with van der Waals surface area (Å²) in [6.45, 7) is 7.85. The van der Waals surface area contributed by atoms with Gasteiger partial charge < -0.3 is 26.2 Å². The zero-order valence-electron chi connectivity index (χ0n) is 29.3. The number of carbonyl (C=O) groups is 6. The molecule has 1 aliphatic heterocycles. The van der Waals surface area contributed by atoms with Crippen LogP contribution >= 0.6 is 0 Å². The van der Waals surface area contributed by atoms with E-state index < -0.39 is 59.0 Å². The maximum atomic E-state index is 14.6. The molecule has 2 heterocycles. The molecule has 4 fully saturated rings. The predicted octanol–water partition coefficient (Wildman–Crippen LogP) is 2.45. The van der Waals surface area contributed by atoms with E-state index >= 15 is 0 Å². The second kappa shape index (κ2) is 15.8. The van der Waals surface area contributed by atoms with Crippen LogP contribution in [0, 0.1) is 23.2 Å². The van der Waals surface area contributed by atoms with Crippen molar-refractivity contribution in [1.82, 2.24) is 36.1 Å². The molecule has 0 radical (unpaired) electrons. The summed E-state index contributed by atoms with van der Waals surface area (Å²) in [5.41, 5.74) is -0.638. The molecule has 0 spiro atoms. The van der Waals surface area contributed by atoms with Crippen LogP contribution in [0.2, 0.25) is 0 Å². The third kappa shape index (κ3) is 8.83. The first-order valence-electron chi connectivity index (χ1n) is 18.2. The van der Waals surface area contributed by atoms with Gasteiger partial charge in [0.1, 0.15) is 23.8 Å². The summed E-state index contributed by atoms with van der Waals surface area (Å²) in [5, 5.41) is 11.5. The van der Waals surface area contributed by atoms with Crippen LogP contribution in [-0.2, 0) is 24.0 Å². The molecule has 1 aromatic rings. The molecule has 3 aliphatic carbocycles. The van der Waals surface area contributed by atoms with Crippen LogP contribution in [-0.4, -0.2) is 86.9 Å². The van der Waals surface area contributed by atoms with Crippen molar-refractivity contribution in [2.45, 2.75) is 135 Å². The molecule has 5 amide bonds. The Hall–Kier alpha value is -3.90. The average molecular weight is 680 g/mol. The number of nitrogens with one attached hydrogen (secondary N) is 4.